The lowest BCUT2D eigenvalue weighted by Crippen LogP contribution is -2.27. The number of nitrogens with one attached hydrogen (secondary N) is 1. The van der Waals surface area contributed by atoms with Crippen LogP contribution in [0.1, 0.15) is 31.9 Å². The molecule has 0 aromatic heterocycles. The Morgan fingerprint density at radius 3 is 2.10 bits per heavy atom. The van der Waals surface area contributed by atoms with Gasteiger partial charge < -0.3 is 5.32 Å². The Morgan fingerprint density at radius 1 is 0.952 bits per heavy atom. The fourth-order valence-corrected chi connectivity index (χ4v) is 2.09. The minimum Gasteiger partial charge on any atom is -0.325 e. The summed E-state index contributed by atoms with van der Waals surface area (Å²) in [4.78, 5) is 12.3. The monoisotopic (exact) mass is 281 g/mol. The third kappa shape index (κ3) is 3.52. The molecule has 0 spiro atoms. The minimum absolute atomic E-state index is 0.0305. The van der Waals surface area contributed by atoms with Gasteiger partial charge in [0.15, 0.2) is 0 Å². The quantitative estimate of drug-likeness (QED) is 0.828. The van der Waals surface area contributed by atoms with E-state index in [1.807, 2.05) is 39.0 Å². The smallest absolute Gasteiger partial charge is 0.229 e. The van der Waals surface area contributed by atoms with Gasteiger partial charge in [-0.15, -0.1) is 0 Å². The van der Waals surface area contributed by atoms with Crippen molar-refractivity contribution in [3.05, 3.63) is 53.6 Å². The maximum atomic E-state index is 12.3. The number of carbonyl (C=O) groups is 1. The third-order valence-corrected chi connectivity index (χ3v) is 3.65. The van der Waals surface area contributed by atoms with Crippen molar-refractivity contribution in [2.24, 2.45) is 5.41 Å². The summed E-state index contributed by atoms with van der Waals surface area (Å²) in [6.07, 6.45) is 0. The molecule has 2 nitrogen and oxygen atoms in total. The van der Waals surface area contributed by atoms with E-state index in [1.165, 1.54) is 11.1 Å². The van der Waals surface area contributed by atoms with Crippen LogP contribution >= 0.6 is 0 Å². The van der Waals surface area contributed by atoms with Gasteiger partial charge in [-0.2, -0.15) is 0 Å². The fourth-order valence-electron chi connectivity index (χ4n) is 2.09. The summed E-state index contributed by atoms with van der Waals surface area (Å²) in [6.45, 7) is 9.93. The van der Waals surface area contributed by atoms with E-state index in [-0.39, 0.29) is 5.91 Å². The molecule has 2 aromatic rings. The van der Waals surface area contributed by atoms with Gasteiger partial charge in [0.2, 0.25) is 5.91 Å². The molecule has 1 N–H and O–H groups in total. The lowest BCUT2D eigenvalue weighted by Gasteiger charge is -2.20. The van der Waals surface area contributed by atoms with Crippen molar-refractivity contribution < 1.29 is 4.79 Å². The summed E-state index contributed by atoms with van der Waals surface area (Å²) in [6, 6.07) is 14.4. The van der Waals surface area contributed by atoms with Gasteiger partial charge in [0.05, 0.1) is 0 Å². The highest BCUT2D eigenvalue weighted by atomic mass is 16.2. The van der Waals surface area contributed by atoms with Crippen molar-refractivity contribution in [2.45, 2.75) is 34.6 Å². The zero-order valence-electron chi connectivity index (χ0n) is 13.4. The second-order valence-electron chi connectivity index (χ2n) is 6.55. The lowest BCUT2D eigenvalue weighted by molar-refractivity contribution is -0.123. The molecule has 0 atom stereocenters. The molecule has 0 saturated carbocycles. The first-order chi connectivity index (χ1) is 9.79. The Labute approximate surface area is 127 Å². The molecule has 0 aliphatic carbocycles. The van der Waals surface area contributed by atoms with Crippen LogP contribution in [0, 0.1) is 19.3 Å². The number of amides is 1. The summed E-state index contributed by atoms with van der Waals surface area (Å²) in [5.41, 5.74) is 5.05. The van der Waals surface area contributed by atoms with Crippen LogP contribution in [-0.4, -0.2) is 5.91 Å². The highest BCUT2D eigenvalue weighted by Crippen LogP contribution is 2.32. The van der Waals surface area contributed by atoms with Crippen LogP contribution in [0.25, 0.3) is 11.1 Å². The Hall–Kier alpha value is -2.09. The molecule has 0 fully saturated rings. The van der Waals surface area contributed by atoms with E-state index < -0.39 is 5.41 Å². The van der Waals surface area contributed by atoms with Gasteiger partial charge >= 0.3 is 0 Å². The van der Waals surface area contributed by atoms with E-state index in [1.54, 1.807) is 0 Å². The van der Waals surface area contributed by atoms with Crippen LogP contribution in [0.3, 0.4) is 0 Å². The van der Waals surface area contributed by atoms with Crippen molar-refractivity contribution >= 4 is 11.6 Å². The van der Waals surface area contributed by atoms with Crippen LogP contribution in [0.4, 0.5) is 5.69 Å². The van der Waals surface area contributed by atoms with E-state index >= 15 is 0 Å². The second kappa shape index (κ2) is 5.72. The maximum absolute atomic E-state index is 12.3. The van der Waals surface area contributed by atoms with Gasteiger partial charge in [-0.1, -0.05) is 51.1 Å². The molecule has 0 saturated heterocycles. The molecule has 2 heteroatoms. The average molecular weight is 281 g/mol. The molecule has 0 radical (unpaired) electrons. The van der Waals surface area contributed by atoms with Crippen LogP contribution < -0.4 is 5.32 Å². The molecule has 2 rings (SSSR count). The molecule has 0 heterocycles. The molecular weight excluding hydrogens is 258 g/mol. The number of aryl methyl sites for hydroxylation is 2. The van der Waals surface area contributed by atoms with Gasteiger partial charge in [-0.05, 0) is 42.7 Å². The topological polar surface area (TPSA) is 29.1 Å². The SMILES string of the molecule is Cc1cc(NC(=O)C(C)(C)C)c(-c2ccccc2)cc1C. The van der Waals surface area contributed by atoms with Crippen molar-refractivity contribution in [3.63, 3.8) is 0 Å². The van der Waals surface area contributed by atoms with E-state index in [0.717, 1.165) is 16.8 Å². The maximum Gasteiger partial charge on any atom is 0.229 e. The standard InChI is InChI=1S/C19H23NO/c1-13-11-16(15-9-7-6-8-10-15)17(12-14(13)2)20-18(21)19(3,4)5/h6-12H,1-5H3,(H,20,21). The fraction of sp³-hybridized carbons (Fsp3) is 0.316. The first-order valence-electron chi connectivity index (χ1n) is 7.27. The molecule has 0 aliphatic heterocycles. The highest BCUT2D eigenvalue weighted by Gasteiger charge is 2.22. The van der Waals surface area contributed by atoms with Crippen molar-refractivity contribution in [1.29, 1.82) is 0 Å². The summed E-state index contributed by atoms with van der Waals surface area (Å²) < 4.78 is 0. The zero-order chi connectivity index (χ0) is 15.6. The zero-order valence-corrected chi connectivity index (χ0v) is 13.4. The summed E-state index contributed by atoms with van der Waals surface area (Å²) >= 11 is 0. The number of carbonyl (C=O) groups excluding carboxylic acids is 1. The third-order valence-electron chi connectivity index (χ3n) is 3.65. The largest absolute Gasteiger partial charge is 0.325 e. The summed E-state index contributed by atoms with van der Waals surface area (Å²) in [7, 11) is 0. The van der Waals surface area contributed by atoms with E-state index in [9.17, 15) is 4.79 Å². The average Bonchev–Trinajstić information content (AvgIpc) is 2.42. The number of rotatable bonds is 2. The van der Waals surface area contributed by atoms with Crippen molar-refractivity contribution in [1.82, 2.24) is 0 Å². The highest BCUT2D eigenvalue weighted by molar-refractivity contribution is 5.98. The van der Waals surface area contributed by atoms with E-state index in [4.69, 9.17) is 0 Å². The number of anilines is 1. The van der Waals surface area contributed by atoms with Crippen LogP contribution in [0.5, 0.6) is 0 Å². The minimum atomic E-state index is -0.410. The lowest BCUT2D eigenvalue weighted by atomic mass is 9.94. The molecule has 0 bridgehead atoms. The number of hydrogen-bond donors (Lipinski definition) is 1. The van der Waals surface area contributed by atoms with E-state index in [2.05, 4.69) is 43.4 Å². The second-order valence-corrected chi connectivity index (χ2v) is 6.55. The Kier molecular flexibility index (Phi) is 4.17. The van der Waals surface area contributed by atoms with Gasteiger partial charge in [-0.3, -0.25) is 4.79 Å². The molecule has 21 heavy (non-hydrogen) atoms. The Balaban J connectivity index is 2.50. The molecule has 110 valence electrons. The van der Waals surface area contributed by atoms with Gasteiger partial charge in [0.25, 0.3) is 0 Å². The Bertz CT molecular complexity index is 651. The predicted molar refractivity (Wildman–Crippen MR) is 89.4 cm³/mol. The molecule has 0 unspecified atom stereocenters. The van der Waals surface area contributed by atoms with Crippen molar-refractivity contribution in [2.75, 3.05) is 5.32 Å². The molecule has 1 amide bonds. The molecular formula is C19H23NO. The first kappa shape index (κ1) is 15.3. The first-order valence-corrected chi connectivity index (χ1v) is 7.27. The molecule has 2 aromatic carbocycles. The number of hydrogen-bond acceptors (Lipinski definition) is 1. The predicted octanol–water partition coefficient (Wildman–Crippen LogP) is 4.96. The van der Waals surface area contributed by atoms with E-state index in [0.29, 0.717) is 0 Å². The summed E-state index contributed by atoms with van der Waals surface area (Å²) in [5.74, 6) is 0.0305. The van der Waals surface area contributed by atoms with Crippen LogP contribution in [0.15, 0.2) is 42.5 Å². The number of benzene rings is 2. The van der Waals surface area contributed by atoms with Gasteiger partial charge in [0, 0.05) is 16.7 Å². The van der Waals surface area contributed by atoms with Crippen LogP contribution in [-0.2, 0) is 4.79 Å². The molecule has 0 aliphatic rings. The van der Waals surface area contributed by atoms with Gasteiger partial charge in [-0.25, -0.2) is 0 Å². The Morgan fingerprint density at radius 2 is 1.52 bits per heavy atom. The normalized spacial score (nSPS) is 11.3. The van der Waals surface area contributed by atoms with Gasteiger partial charge in [0.1, 0.15) is 0 Å². The van der Waals surface area contributed by atoms with Crippen LogP contribution in [0.2, 0.25) is 0 Å². The summed E-state index contributed by atoms with van der Waals surface area (Å²) in [5, 5.41) is 3.08. The van der Waals surface area contributed by atoms with Crippen molar-refractivity contribution in [3.8, 4) is 11.1 Å².